The predicted octanol–water partition coefficient (Wildman–Crippen LogP) is 0.279. The molecule has 0 atom stereocenters. The molecule has 0 fully saturated rings. The molecule has 1 amide bonds. The van der Waals surface area contributed by atoms with Crippen LogP contribution in [-0.2, 0) is 13.6 Å². The average molecular weight is 235 g/mol. The maximum Gasteiger partial charge on any atom is 0.251 e. The van der Waals surface area contributed by atoms with E-state index in [0.717, 1.165) is 6.07 Å². The molecule has 0 aliphatic rings. The van der Waals surface area contributed by atoms with E-state index in [1.54, 1.807) is 7.05 Å². The summed E-state index contributed by atoms with van der Waals surface area (Å²) >= 11 is 0. The van der Waals surface area contributed by atoms with Crippen molar-refractivity contribution in [3.63, 3.8) is 0 Å². The Morgan fingerprint density at radius 2 is 2.35 bits per heavy atom. The summed E-state index contributed by atoms with van der Waals surface area (Å²) in [6.07, 6.45) is 2.77. The lowest BCUT2D eigenvalue weighted by Gasteiger charge is -2.02. The Kier molecular flexibility index (Phi) is 3.08. The van der Waals surface area contributed by atoms with Crippen LogP contribution in [0.25, 0.3) is 0 Å². The van der Waals surface area contributed by atoms with Gasteiger partial charge in [-0.25, -0.2) is 9.97 Å². The fourth-order valence-corrected chi connectivity index (χ4v) is 1.27. The van der Waals surface area contributed by atoms with E-state index in [1.165, 1.54) is 23.3 Å². The largest absolute Gasteiger partial charge is 0.345 e. The van der Waals surface area contributed by atoms with Gasteiger partial charge in [0, 0.05) is 24.9 Å². The Labute approximate surface area is 96.5 Å². The maximum atomic E-state index is 12.8. The minimum atomic E-state index is -0.686. The molecule has 0 radical (unpaired) electrons. The van der Waals surface area contributed by atoms with E-state index in [9.17, 15) is 9.18 Å². The van der Waals surface area contributed by atoms with Gasteiger partial charge in [-0.15, -0.1) is 0 Å². The zero-order valence-corrected chi connectivity index (χ0v) is 9.09. The van der Waals surface area contributed by atoms with Crippen molar-refractivity contribution in [1.82, 2.24) is 25.1 Å². The number of pyridine rings is 1. The van der Waals surface area contributed by atoms with E-state index >= 15 is 0 Å². The third kappa shape index (κ3) is 2.83. The number of hydrogen-bond acceptors (Lipinski definition) is 4. The third-order valence-electron chi connectivity index (χ3n) is 2.04. The standard InChI is InChI=1S/C10H10FN5O/c1-16-6-14-9(15-16)5-13-10(17)7-2-3-12-8(11)4-7/h2-4,6H,5H2,1H3,(H,13,17). The van der Waals surface area contributed by atoms with E-state index in [1.807, 2.05) is 0 Å². The van der Waals surface area contributed by atoms with Crippen LogP contribution in [0.2, 0.25) is 0 Å². The van der Waals surface area contributed by atoms with Crippen molar-refractivity contribution in [2.75, 3.05) is 0 Å². The summed E-state index contributed by atoms with van der Waals surface area (Å²) in [5.74, 6) is -0.581. The zero-order chi connectivity index (χ0) is 12.3. The highest BCUT2D eigenvalue weighted by atomic mass is 19.1. The van der Waals surface area contributed by atoms with Crippen molar-refractivity contribution in [1.29, 1.82) is 0 Å². The van der Waals surface area contributed by atoms with Gasteiger partial charge in [0.05, 0.1) is 6.54 Å². The number of nitrogens with one attached hydrogen (secondary N) is 1. The number of carbonyl (C=O) groups is 1. The highest BCUT2D eigenvalue weighted by molar-refractivity contribution is 5.93. The summed E-state index contributed by atoms with van der Waals surface area (Å²) in [7, 11) is 1.73. The summed E-state index contributed by atoms with van der Waals surface area (Å²) in [6.45, 7) is 0.198. The van der Waals surface area contributed by atoms with Gasteiger partial charge in [0.2, 0.25) is 5.95 Å². The second-order valence-corrected chi connectivity index (χ2v) is 3.38. The molecule has 0 saturated carbocycles. The van der Waals surface area contributed by atoms with Crippen molar-refractivity contribution in [2.24, 2.45) is 7.05 Å². The normalized spacial score (nSPS) is 10.2. The molecule has 6 nitrogen and oxygen atoms in total. The SMILES string of the molecule is Cn1cnc(CNC(=O)c2ccnc(F)c2)n1. The number of amides is 1. The van der Waals surface area contributed by atoms with Gasteiger partial charge >= 0.3 is 0 Å². The number of hydrogen-bond donors (Lipinski definition) is 1. The number of carbonyl (C=O) groups excluding carboxylic acids is 1. The molecule has 2 aromatic heterocycles. The average Bonchev–Trinajstić information content (AvgIpc) is 2.72. The summed E-state index contributed by atoms with van der Waals surface area (Å²) < 4.78 is 14.3. The summed E-state index contributed by atoms with van der Waals surface area (Å²) in [4.78, 5) is 18.9. The predicted molar refractivity (Wildman–Crippen MR) is 56.4 cm³/mol. The lowest BCUT2D eigenvalue weighted by Crippen LogP contribution is -2.23. The number of aromatic nitrogens is 4. The highest BCUT2D eigenvalue weighted by Crippen LogP contribution is 2.00. The van der Waals surface area contributed by atoms with Gasteiger partial charge < -0.3 is 5.32 Å². The minimum absolute atomic E-state index is 0.198. The summed E-state index contributed by atoms with van der Waals surface area (Å²) in [6, 6.07) is 2.51. The van der Waals surface area contributed by atoms with E-state index in [-0.39, 0.29) is 12.1 Å². The Bertz CT molecular complexity index is 539. The second kappa shape index (κ2) is 4.69. The van der Waals surface area contributed by atoms with Crippen molar-refractivity contribution in [2.45, 2.75) is 6.54 Å². The minimum Gasteiger partial charge on any atom is -0.345 e. The van der Waals surface area contributed by atoms with Crippen LogP contribution in [0.15, 0.2) is 24.7 Å². The molecule has 0 bridgehead atoms. The molecular formula is C10H10FN5O. The Morgan fingerprint density at radius 1 is 1.53 bits per heavy atom. The van der Waals surface area contributed by atoms with E-state index in [0.29, 0.717) is 5.82 Å². The lowest BCUT2D eigenvalue weighted by atomic mass is 10.2. The van der Waals surface area contributed by atoms with E-state index in [4.69, 9.17) is 0 Å². The summed E-state index contributed by atoms with van der Waals surface area (Å²) in [5, 5.41) is 6.58. The third-order valence-corrected chi connectivity index (χ3v) is 2.04. The molecule has 88 valence electrons. The molecule has 0 spiro atoms. The molecular weight excluding hydrogens is 225 g/mol. The topological polar surface area (TPSA) is 72.7 Å². The first-order valence-electron chi connectivity index (χ1n) is 4.89. The van der Waals surface area contributed by atoms with Crippen molar-refractivity contribution >= 4 is 5.91 Å². The van der Waals surface area contributed by atoms with E-state index in [2.05, 4.69) is 20.4 Å². The molecule has 0 aromatic carbocycles. The van der Waals surface area contributed by atoms with Crippen LogP contribution in [0.4, 0.5) is 4.39 Å². The van der Waals surface area contributed by atoms with Crippen LogP contribution in [0.5, 0.6) is 0 Å². The Morgan fingerprint density at radius 3 is 3.00 bits per heavy atom. The number of halogens is 1. The van der Waals surface area contributed by atoms with Crippen LogP contribution in [-0.4, -0.2) is 25.7 Å². The molecule has 2 rings (SSSR count). The molecule has 0 saturated heterocycles. The van der Waals surface area contributed by atoms with Gasteiger partial charge in [-0.3, -0.25) is 9.48 Å². The molecule has 1 N–H and O–H groups in total. The number of rotatable bonds is 3. The lowest BCUT2D eigenvalue weighted by molar-refractivity contribution is 0.0949. The van der Waals surface area contributed by atoms with Crippen LogP contribution in [0, 0.1) is 5.95 Å². The quantitative estimate of drug-likeness (QED) is 0.775. The molecule has 0 unspecified atom stereocenters. The Balaban J connectivity index is 1.98. The fourth-order valence-electron chi connectivity index (χ4n) is 1.27. The molecule has 0 aliphatic heterocycles. The maximum absolute atomic E-state index is 12.8. The smallest absolute Gasteiger partial charge is 0.251 e. The number of nitrogens with zero attached hydrogens (tertiary/aromatic N) is 4. The second-order valence-electron chi connectivity index (χ2n) is 3.38. The van der Waals surface area contributed by atoms with Gasteiger partial charge in [0.25, 0.3) is 5.91 Å². The van der Waals surface area contributed by atoms with Gasteiger partial charge in [0.15, 0.2) is 5.82 Å². The summed E-state index contributed by atoms with van der Waals surface area (Å²) in [5.41, 5.74) is 0.216. The fraction of sp³-hybridized carbons (Fsp3) is 0.200. The Hall–Kier alpha value is -2.31. The van der Waals surface area contributed by atoms with Gasteiger partial charge in [-0.2, -0.15) is 9.49 Å². The van der Waals surface area contributed by atoms with Crippen LogP contribution in [0.3, 0.4) is 0 Å². The molecule has 2 aromatic rings. The van der Waals surface area contributed by atoms with Crippen LogP contribution < -0.4 is 5.32 Å². The van der Waals surface area contributed by atoms with Crippen LogP contribution >= 0.6 is 0 Å². The first-order valence-corrected chi connectivity index (χ1v) is 4.89. The molecule has 0 aliphatic carbocycles. The number of aryl methyl sites for hydroxylation is 1. The highest BCUT2D eigenvalue weighted by Gasteiger charge is 2.07. The zero-order valence-electron chi connectivity index (χ0n) is 9.09. The van der Waals surface area contributed by atoms with Crippen molar-refractivity contribution in [3.8, 4) is 0 Å². The van der Waals surface area contributed by atoms with Gasteiger partial charge in [-0.1, -0.05) is 0 Å². The van der Waals surface area contributed by atoms with Gasteiger partial charge in [-0.05, 0) is 6.07 Å². The first-order chi connectivity index (χ1) is 8.15. The van der Waals surface area contributed by atoms with Gasteiger partial charge in [0.1, 0.15) is 6.33 Å². The monoisotopic (exact) mass is 235 g/mol. The molecule has 7 heteroatoms. The first kappa shape index (κ1) is 11.2. The van der Waals surface area contributed by atoms with Crippen LogP contribution in [0.1, 0.15) is 16.2 Å². The van der Waals surface area contributed by atoms with E-state index < -0.39 is 11.9 Å². The van der Waals surface area contributed by atoms with Crippen molar-refractivity contribution < 1.29 is 9.18 Å². The molecule has 2 heterocycles. The molecule has 17 heavy (non-hydrogen) atoms. The van der Waals surface area contributed by atoms with Crippen molar-refractivity contribution in [3.05, 3.63) is 42.0 Å².